The molecule has 2 aliphatic heterocycles. The van der Waals surface area contributed by atoms with E-state index in [1.165, 1.54) is 28.8 Å². The number of hydrogen-bond donors (Lipinski definition) is 2. The van der Waals surface area contributed by atoms with Gasteiger partial charge in [-0.3, -0.25) is 0 Å². The molecule has 5 rings (SSSR count). The van der Waals surface area contributed by atoms with Crippen LogP contribution in [0.3, 0.4) is 0 Å². The molecule has 0 amide bonds. The van der Waals surface area contributed by atoms with Gasteiger partial charge in [-0.1, -0.05) is 42.5 Å². The van der Waals surface area contributed by atoms with E-state index in [2.05, 4.69) is 52.7 Å². The molecular weight excluding hydrogens is 526 g/mol. The summed E-state index contributed by atoms with van der Waals surface area (Å²) in [6, 6.07) is 23.4. The molecule has 7 heteroatoms. The van der Waals surface area contributed by atoms with Gasteiger partial charge in [0.05, 0.1) is 39.6 Å². The van der Waals surface area contributed by atoms with Gasteiger partial charge in [0, 0.05) is 43.2 Å². The van der Waals surface area contributed by atoms with Crippen LogP contribution in [0.1, 0.15) is 53.9 Å². The van der Waals surface area contributed by atoms with E-state index in [4.69, 9.17) is 24.7 Å². The number of aryl methyl sites for hydroxylation is 1. The zero-order valence-electron chi connectivity index (χ0n) is 25.1. The van der Waals surface area contributed by atoms with Crippen molar-refractivity contribution >= 4 is 5.69 Å². The molecule has 0 aliphatic carbocycles. The Morgan fingerprint density at radius 1 is 0.976 bits per heavy atom. The lowest BCUT2D eigenvalue weighted by molar-refractivity contribution is 0.0106. The summed E-state index contributed by atoms with van der Waals surface area (Å²) in [5, 5.41) is 3.54. The summed E-state index contributed by atoms with van der Waals surface area (Å²) in [4.78, 5) is 2.50. The fraction of sp³-hybridized carbons (Fsp3) is 0.486. The van der Waals surface area contributed by atoms with E-state index in [1.54, 1.807) is 7.11 Å². The topological polar surface area (TPSA) is 78.2 Å². The van der Waals surface area contributed by atoms with Gasteiger partial charge in [0.2, 0.25) is 0 Å². The van der Waals surface area contributed by atoms with Gasteiger partial charge in [-0.25, -0.2) is 0 Å². The minimum absolute atomic E-state index is 0.135. The van der Waals surface area contributed by atoms with Crippen LogP contribution in [0.2, 0.25) is 0 Å². The zero-order chi connectivity index (χ0) is 29.0. The lowest BCUT2D eigenvalue weighted by Crippen LogP contribution is -2.41. The largest absolute Gasteiger partial charge is 0.496 e. The second-order valence-electron chi connectivity index (χ2n) is 11.3. The van der Waals surface area contributed by atoms with Crippen molar-refractivity contribution < 1.29 is 18.9 Å². The van der Waals surface area contributed by atoms with E-state index in [1.807, 2.05) is 24.3 Å². The Morgan fingerprint density at radius 3 is 2.71 bits per heavy atom. The summed E-state index contributed by atoms with van der Waals surface area (Å²) in [7, 11) is 1.69. The Bertz CT molecular complexity index is 1240. The molecule has 226 valence electrons. The fourth-order valence-electron chi connectivity index (χ4n) is 6.06. The van der Waals surface area contributed by atoms with Crippen LogP contribution in [0.5, 0.6) is 11.5 Å². The van der Waals surface area contributed by atoms with Gasteiger partial charge in [-0.2, -0.15) is 0 Å². The molecule has 0 spiro atoms. The molecule has 0 aromatic heterocycles. The van der Waals surface area contributed by atoms with Gasteiger partial charge in [-0.05, 0) is 79.7 Å². The first kappa shape index (κ1) is 30.4. The molecule has 1 saturated heterocycles. The summed E-state index contributed by atoms with van der Waals surface area (Å²) in [6.45, 7) is 7.17. The lowest BCUT2D eigenvalue weighted by atomic mass is 9.87. The molecular formula is C35H47N3O4. The molecule has 0 saturated carbocycles. The van der Waals surface area contributed by atoms with E-state index in [0.29, 0.717) is 32.3 Å². The number of fused-ring (bicyclic) bond motifs is 1. The molecule has 2 heterocycles. The number of rotatable bonds is 15. The normalized spacial score (nSPS) is 18.5. The number of ether oxygens (including phenoxy) is 4. The fourth-order valence-corrected chi connectivity index (χ4v) is 6.06. The number of benzene rings is 3. The van der Waals surface area contributed by atoms with Crippen molar-refractivity contribution in [1.29, 1.82) is 0 Å². The van der Waals surface area contributed by atoms with Crippen LogP contribution in [0, 0.1) is 0 Å². The molecule has 0 radical (unpaired) electrons. The second kappa shape index (κ2) is 15.9. The number of para-hydroxylation sites is 1. The van der Waals surface area contributed by atoms with Crippen LogP contribution in [0.4, 0.5) is 5.69 Å². The molecule has 1 fully saturated rings. The van der Waals surface area contributed by atoms with E-state index in [-0.39, 0.29) is 6.10 Å². The average Bonchev–Trinajstić information content (AvgIpc) is 3.05. The number of hydrogen-bond acceptors (Lipinski definition) is 7. The first-order valence-corrected chi connectivity index (χ1v) is 15.6. The molecule has 42 heavy (non-hydrogen) atoms. The summed E-state index contributed by atoms with van der Waals surface area (Å²) in [5.41, 5.74) is 12.2. The zero-order valence-corrected chi connectivity index (χ0v) is 25.1. The Balaban J connectivity index is 1.08. The minimum atomic E-state index is 0.135. The van der Waals surface area contributed by atoms with Crippen LogP contribution in [0.15, 0.2) is 66.7 Å². The maximum Gasteiger partial charge on any atom is 0.124 e. The van der Waals surface area contributed by atoms with Gasteiger partial charge >= 0.3 is 0 Å². The van der Waals surface area contributed by atoms with Crippen LogP contribution >= 0.6 is 0 Å². The Morgan fingerprint density at radius 2 is 1.86 bits per heavy atom. The predicted octanol–water partition coefficient (Wildman–Crippen LogP) is 5.44. The first-order chi connectivity index (χ1) is 20.7. The number of nitrogens with two attached hydrogens (primary N) is 1. The van der Waals surface area contributed by atoms with Crippen LogP contribution in [-0.2, 0) is 29.1 Å². The highest BCUT2D eigenvalue weighted by Gasteiger charge is 2.27. The van der Waals surface area contributed by atoms with E-state index in [0.717, 1.165) is 75.5 Å². The van der Waals surface area contributed by atoms with Gasteiger partial charge in [0.15, 0.2) is 0 Å². The van der Waals surface area contributed by atoms with Crippen molar-refractivity contribution in [2.45, 2.75) is 57.3 Å². The van der Waals surface area contributed by atoms with Crippen molar-refractivity contribution in [2.24, 2.45) is 5.73 Å². The maximum atomic E-state index is 6.57. The van der Waals surface area contributed by atoms with Crippen LogP contribution in [-0.4, -0.2) is 59.2 Å². The first-order valence-electron chi connectivity index (χ1n) is 15.6. The van der Waals surface area contributed by atoms with E-state index in [9.17, 15) is 0 Å². The second-order valence-corrected chi connectivity index (χ2v) is 11.3. The highest BCUT2D eigenvalue weighted by atomic mass is 16.5. The molecule has 0 unspecified atom stereocenters. The van der Waals surface area contributed by atoms with Gasteiger partial charge in [-0.15, -0.1) is 0 Å². The van der Waals surface area contributed by atoms with Crippen molar-refractivity contribution in [3.63, 3.8) is 0 Å². The molecule has 3 aromatic carbocycles. The number of nitrogens with zero attached hydrogens (tertiary/aromatic N) is 1. The lowest BCUT2D eigenvalue weighted by Gasteiger charge is -2.33. The molecule has 0 bridgehead atoms. The smallest absolute Gasteiger partial charge is 0.124 e. The number of nitrogens with one attached hydrogen (secondary N) is 1. The predicted molar refractivity (Wildman–Crippen MR) is 169 cm³/mol. The standard InChI is InChI=1S/C35H47N3O4/c1-39-34-9-3-2-7-30(34)26-40-21-6-22-41-31-14-12-28(13-15-31)32-16-18-37-24-35(32)42-25-27-10-11-29-8-4-19-38(20-5-17-36)33(29)23-27/h2-3,7,9-15,23,32,35,37H,4-6,8,16-22,24-26,36H2,1H3/t32-,35+/m1/s1. The summed E-state index contributed by atoms with van der Waals surface area (Å²) in [5.74, 6) is 2.12. The van der Waals surface area contributed by atoms with Crippen LogP contribution < -0.4 is 25.4 Å². The number of methoxy groups -OCH3 is 1. The number of anilines is 1. The minimum Gasteiger partial charge on any atom is -0.496 e. The number of piperidine rings is 1. The molecule has 2 aliphatic rings. The molecule has 3 N–H and O–H groups in total. The Labute approximate surface area is 251 Å². The van der Waals surface area contributed by atoms with E-state index >= 15 is 0 Å². The third kappa shape index (κ3) is 8.26. The maximum absolute atomic E-state index is 6.57. The molecule has 2 atom stereocenters. The SMILES string of the molecule is COc1ccccc1COCCCOc1ccc([C@H]2CCNC[C@@H]2OCc2ccc3c(c2)N(CCCN)CCC3)cc1. The monoisotopic (exact) mass is 573 g/mol. The van der Waals surface area contributed by atoms with Crippen LogP contribution in [0.25, 0.3) is 0 Å². The summed E-state index contributed by atoms with van der Waals surface area (Å²) >= 11 is 0. The van der Waals surface area contributed by atoms with Crippen molar-refractivity contribution in [3.05, 3.63) is 89.0 Å². The average molecular weight is 574 g/mol. The van der Waals surface area contributed by atoms with Crippen molar-refractivity contribution in [1.82, 2.24) is 5.32 Å². The Kier molecular flexibility index (Phi) is 11.5. The highest BCUT2D eigenvalue weighted by Crippen LogP contribution is 2.32. The summed E-state index contributed by atoms with van der Waals surface area (Å²) in [6.07, 6.45) is 5.42. The molecule has 3 aromatic rings. The van der Waals surface area contributed by atoms with Gasteiger partial charge in [0.25, 0.3) is 0 Å². The summed E-state index contributed by atoms with van der Waals surface area (Å²) < 4.78 is 23.8. The van der Waals surface area contributed by atoms with Gasteiger partial charge in [0.1, 0.15) is 11.5 Å². The van der Waals surface area contributed by atoms with Crippen molar-refractivity contribution in [3.8, 4) is 11.5 Å². The van der Waals surface area contributed by atoms with Gasteiger partial charge < -0.3 is 34.9 Å². The third-order valence-electron chi connectivity index (χ3n) is 8.35. The Hall–Kier alpha value is -3.10. The molecule has 7 nitrogen and oxygen atoms in total. The van der Waals surface area contributed by atoms with Crippen molar-refractivity contribution in [2.75, 3.05) is 57.9 Å². The quantitative estimate of drug-likeness (QED) is 0.234. The highest BCUT2D eigenvalue weighted by molar-refractivity contribution is 5.57. The van der Waals surface area contributed by atoms with E-state index < -0.39 is 0 Å². The third-order valence-corrected chi connectivity index (χ3v) is 8.35.